The molecule has 0 radical (unpaired) electrons. The Hall–Kier alpha value is -1.91. The zero-order valence-corrected chi connectivity index (χ0v) is 13.0. The minimum Gasteiger partial charge on any atom is -0.435 e. The van der Waals surface area contributed by atoms with Crippen LogP contribution < -0.4 is 10.5 Å². The number of aliphatic imine (C=N–C) groups is 1. The van der Waals surface area contributed by atoms with Gasteiger partial charge in [0.15, 0.2) is 0 Å². The summed E-state index contributed by atoms with van der Waals surface area (Å²) in [4.78, 5) is 4.66. The third kappa shape index (κ3) is 4.29. The van der Waals surface area contributed by atoms with Crippen LogP contribution in [0.5, 0.6) is 5.75 Å². The Balaban J connectivity index is 2.36. The fourth-order valence-corrected chi connectivity index (χ4v) is 2.65. The summed E-state index contributed by atoms with van der Waals surface area (Å²) in [5.41, 5.74) is 9.68. The molecule has 1 saturated carbocycles. The number of benzene rings is 1. The van der Waals surface area contributed by atoms with Crippen LogP contribution in [0.3, 0.4) is 0 Å². The molecule has 1 aliphatic carbocycles. The molecule has 1 aromatic rings. The molecule has 1 aliphatic rings. The summed E-state index contributed by atoms with van der Waals surface area (Å²) in [5.74, 6) is 0.120. The smallest absolute Gasteiger partial charge is 0.387 e. The van der Waals surface area contributed by atoms with Crippen LogP contribution in [0.15, 0.2) is 34.8 Å². The standard InChI is InChI=1S/C17H22F2N2O/c1-11(2)21-15-9-4-3-8-14(15)16(20)12-6-5-7-13(10-12)22-17(18)19/h5-7,10-11,17H,3-4,8-9,20H2,1-2H3/b16-14-,21-15?. The van der Waals surface area contributed by atoms with Crippen molar-refractivity contribution < 1.29 is 13.5 Å². The first-order valence-electron chi connectivity index (χ1n) is 7.58. The van der Waals surface area contributed by atoms with Crippen molar-refractivity contribution in [2.45, 2.75) is 52.2 Å². The average molecular weight is 308 g/mol. The van der Waals surface area contributed by atoms with Gasteiger partial charge in [-0.05, 0) is 57.2 Å². The number of hydrogen-bond donors (Lipinski definition) is 1. The molecule has 0 heterocycles. The zero-order valence-electron chi connectivity index (χ0n) is 13.0. The lowest BCUT2D eigenvalue weighted by Gasteiger charge is -2.21. The Morgan fingerprint density at radius 2 is 1.95 bits per heavy atom. The highest BCUT2D eigenvalue weighted by Crippen LogP contribution is 2.28. The Labute approximate surface area is 129 Å². The second kappa shape index (κ2) is 7.38. The number of allylic oxidation sites excluding steroid dienone is 1. The first-order valence-corrected chi connectivity index (χ1v) is 7.58. The van der Waals surface area contributed by atoms with Gasteiger partial charge < -0.3 is 10.5 Å². The number of nitrogens with zero attached hydrogens (tertiary/aromatic N) is 1. The summed E-state index contributed by atoms with van der Waals surface area (Å²) in [6, 6.07) is 6.74. The predicted octanol–water partition coefficient (Wildman–Crippen LogP) is 4.38. The van der Waals surface area contributed by atoms with E-state index in [-0.39, 0.29) is 11.8 Å². The van der Waals surface area contributed by atoms with E-state index in [9.17, 15) is 8.78 Å². The maximum atomic E-state index is 12.3. The molecule has 0 amide bonds. The molecule has 0 aliphatic heterocycles. The number of halogens is 2. The highest BCUT2D eigenvalue weighted by molar-refractivity contribution is 6.06. The highest BCUT2D eigenvalue weighted by atomic mass is 19.3. The molecule has 0 aromatic heterocycles. The van der Waals surface area contributed by atoms with Crippen molar-refractivity contribution in [3.63, 3.8) is 0 Å². The van der Waals surface area contributed by atoms with E-state index in [0.29, 0.717) is 11.3 Å². The average Bonchev–Trinajstić information content (AvgIpc) is 2.46. The van der Waals surface area contributed by atoms with Crippen molar-refractivity contribution in [1.82, 2.24) is 0 Å². The minimum atomic E-state index is -2.84. The lowest BCUT2D eigenvalue weighted by molar-refractivity contribution is -0.0498. The second-order valence-electron chi connectivity index (χ2n) is 5.68. The summed E-state index contributed by atoms with van der Waals surface area (Å²) < 4.78 is 29.1. The summed E-state index contributed by atoms with van der Waals surface area (Å²) in [6.07, 6.45) is 3.97. The van der Waals surface area contributed by atoms with E-state index >= 15 is 0 Å². The largest absolute Gasteiger partial charge is 0.435 e. The molecule has 3 nitrogen and oxygen atoms in total. The van der Waals surface area contributed by atoms with Gasteiger partial charge in [0.25, 0.3) is 0 Å². The van der Waals surface area contributed by atoms with Crippen LogP contribution in [0.2, 0.25) is 0 Å². The van der Waals surface area contributed by atoms with Gasteiger partial charge >= 0.3 is 6.61 Å². The van der Waals surface area contributed by atoms with E-state index in [4.69, 9.17) is 5.73 Å². The molecule has 120 valence electrons. The van der Waals surface area contributed by atoms with E-state index in [2.05, 4.69) is 9.73 Å². The zero-order chi connectivity index (χ0) is 16.1. The van der Waals surface area contributed by atoms with Crippen LogP contribution in [0.25, 0.3) is 5.70 Å². The summed E-state index contributed by atoms with van der Waals surface area (Å²) in [5, 5.41) is 0. The van der Waals surface area contributed by atoms with Gasteiger partial charge in [-0.3, -0.25) is 4.99 Å². The maximum Gasteiger partial charge on any atom is 0.387 e. The molecule has 0 unspecified atom stereocenters. The fourth-order valence-electron chi connectivity index (χ4n) is 2.65. The minimum absolute atomic E-state index is 0.120. The summed E-state index contributed by atoms with van der Waals surface area (Å²) >= 11 is 0. The molecule has 0 saturated heterocycles. The Kier molecular flexibility index (Phi) is 5.52. The highest BCUT2D eigenvalue weighted by Gasteiger charge is 2.18. The maximum absolute atomic E-state index is 12.3. The van der Waals surface area contributed by atoms with Crippen LogP contribution in [0.1, 0.15) is 45.1 Å². The van der Waals surface area contributed by atoms with Gasteiger partial charge in [0, 0.05) is 23.0 Å². The van der Waals surface area contributed by atoms with Gasteiger partial charge in [0.05, 0.1) is 0 Å². The first kappa shape index (κ1) is 16.5. The molecule has 22 heavy (non-hydrogen) atoms. The van der Waals surface area contributed by atoms with Gasteiger partial charge in [-0.25, -0.2) is 0 Å². The van der Waals surface area contributed by atoms with Gasteiger partial charge in [-0.15, -0.1) is 0 Å². The quantitative estimate of drug-likeness (QED) is 0.897. The van der Waals surface area contributed by atoms with E-state index in [0.717, 1.165) is 37.0 Å². The van der Waals surface area contributed by atoms with Crippen LogP contribution >= 0.6 is 0 Å². The molecule has 2 rings (SSSR count). The van der Waals surface area contributed by atoms with Crippen molar-refractivity contribution in [2.24, 2.45) is 10.7 Å². The van der Waals surface area contributed by atoms with Gasteiger partial charge in [0.1, 0.15) is 5.75 Å². The van der Waals surface area contributed by atoms with Crippen molar-refractivity contribution in [2.75, 3.05) is 0 Å². The van der Waals surface area contributed by atoms with Gasteiger partial charge in [-0.1, -0.05) is 12.1 Å². The molecular formula is C17H22F2N2O. The first-order chi connectivity index (χ1) is 10.5. The van der Waals surface area contributed by atoms with Crippen molar-refractivity contribution in [3.8, 4) is 5.75 Å². The van der Waals surface area contributed by atoms with Crippen molar-refractivity contribution in [1.29, 1.82) is 0 Å². The molecule has 0 bridgehead atoms. The third-order valence-corrected chi connectivity index (χ3v) is 3.55. The molecule has 2 N–H and O–H groups in total. The van der Waals surface area contributed by atoms with Crippen molar-refractivity contribution in [3.05, 3.63) is 35.4 Å². The molecule has 0 spiro atoms. The Morgan fingerprint density at radius 1 is 1.23 bits per heavy atom. The molecular weight excluding hydrogens is 286 g/mol. The number of ether oxygens (including phenoxy) is 1. The van der Waals surface area contributed by atoms with Crippen LogP contribution in [-0.4, -0.2) is 18.4 Å². The molecule has 1 fully saturated rings. The van der Waals surface area contributed by atoms with Crippen LogP contribution in [0, 0.1) is 0 Å². The Bertz CT molecular complexity index is 580. The number of rotatable bonds is 4. The van der Waals surface area contributed by atoms with Crippen LogP contribution in [0.4, 0.5) is 8.78 Å². The van der Waals surface area contributed by atoms with Crippen molar-refractivity contribution >= 4 is 11.4 Å². The number of alkyl halides is 2. The second-order valence-corrected chi connectivity index (χ2v) is 5.68. The summed E-state index contributed by atoms with van der Waals surface area (Å²) in [7, 11) is 0. The number of hydrogen-bond acceptors (Lipinski definition) is 3. The summed E-state index contributed by atoms with van der Waals surface area (Å²) in [6.45, 7) is 1.23. The topological polar surface area (TPSA) is 47.6 Å². The lowest BCUT2D eigenvalue weighted by Crippen LogP contribution is -2.16. The van der Waals surface area contributed by atoms with Gasteiger partial charge in [0.2, 0.25) is 0 Å². The van der Waals surface area contributed by atoms with E-state index in [1.54, 1.807) is 12.1 Å². The monoisotopic (exact) mass is 308 g/mol. The van der Waals surface area contributed by atoms with Gasteiger partial charge in [-0.2, -0.15) is 8.78 Å². The fraction of sp³-hybridized carbons (Fsp3) is 0.471. The molecule has 1 aromatic carbocycles. The molecule has 5 heteroatoms. The third-order valence-electron chi connectivity index (χ3n) is 3.55. The van der Waals surface area contributed by atoms with E-state index in [1.165, 1.54) is 6.07 Å². The predicted molar refractivity (Wildman–Crippen MR) is 85.2 cm³/mol. The molecule has 0 atom stereocenters. The number of nitrogens with two attached hydrogens (primary N) is 1. The van der Waals surface area contributed by atoms with E-state index in [1.807, 2.05) is 19.9 Å². The lowest BCUT2D eigenvalue weighted by atomic mass is 9.89. The SMILES string of the molecule is CC(C)N=C1CCCC/C1=C(/N)c1cccc(OC(F)F)c1. The Morgan fingerprint density at radius 3 is 2.64 bits per heavy atom. The normalized spacial score (nSPS) is 19.8. The van der Waals surface area contributed by atoms with Crippen LogP contribution in [-0.2, 0) is 0 Å². The van der Waals surface area contributed by atoms with E-state index < -0.39 is 6.61 Å².